The van der Waals surface area contributed by atoms with Crippen LogP contribution in [0.25, 0.3) is 22.1 Å². The van der Waals surface area contributed by atoms with Crippen LogP contribution in [0.4, 0.5) is 0 Å². The molecular weight excluding hydrogens is 284 g/mol. The molecule has 0 radical (unpaired) electrons. The Hall–Kier alpha value is -2.62. The Balaban J connectivity index is 1.56. The summed E-state index contributed by atoms with van der Waals surface area (Å²) in [6.45, 7) is 4.44. The Kier molecular flexibility index (Phi) is 3.37. The Labute approximate surface area is 135 Å². The summed E-state index contributed by atoms with van der Waals surface area (Å²) in [7, 11) is 0. The standard InChI is InChI=1S/C19H20N4/c1-12(18-20-14-7-3-4-8-15(14)21-18)11-13(2)19-22-16-9-5-6-10-17(16)23-19/h3-10,12-13H,11H2,1-2H3,(H,20,21)(H,22,23). The van der Waals surface area contributed by atoms with Gasteiger partial charge in [-0.3, -0.25) is 0 Å². The maximum absolute atomic E-state index is 4.72. The number of nitrogens with zero attached hydrogens (tertiary/aromatic N) is 2. The zero-order valence-electron chi connectivity index (χ0n) is 13.4. The topological polar surface area (TPSA) is 57.4 Å². The molecule has 0 saturated heterocycles. The Morgan fingerprint density at radius 3 is 1.61 bits per heavy atom. The summed E-state index contributed by atoms with van der Waals surface area (Å²) in [6, 6.07) is 16.3. The van der Waals surface area contributed by atoms with Gasteiger partial charge in [-0.25, -0.2) is 9.97 Å². The van der Waals surface area contributed by atoms with Gasteiger partial charge in [0, 0.05) is 11.8 Å². The molecule has 4 rings (SSSR count). The Morgan fingerprint density at radius 1 is 0.739 bits per heavy atom. The summed E-state index contributed by atoms with van der Waals surface area (Å²) in [5, 5.41) is 0. The molecule has 116 valence electrons. The van der Waals surface area contributed by atoms with E-state index in [4.69, 9.17) is 9.97 Å². The van der Waals surface area contributed by atoms with Crippen LogP contribution in [0.2, 0.25) is 0 Å². The molecule has 23 heavy (non-hydrogen) atoms. The molecule has 4 nitrogen and oxygen atoms in total. The maximum Gasteiger partial charge on any atom is 0.110 e. The van der Waals surface area contributed by atoms with Gasteiger partial charge in [0.25, 0.3) is 0 Å². The molecule has 2 aromatic carbocycles. The number of benzene rings is 2. The van der Waals surface area contributed by atoms with Crippen LogP contribution in [0.5, 0.6) is 0 Å². The lowest BCUT2D eigenvalue weighted by Crippen LogP contribution is -2.04. The highest BCUT2D eigenvalue weighted by Gasteiger charge is 2.18. The average molecular weight is 304 g/mol. The number of aromatic amines is 2. The van der Waals surface area contributed by atoms with Crippen molar-refractivity contribution in [3.05, 3.63) is 60.2 Å². The van der Waals surface area contributed by atoms with Gasteiger partial charge in [0.05, 0.1) is 22.1 Å². The van der Waals surface area contributed by atoms with Crippen molar-refractivity contribution in [2.45, 2.75) is 32.1 Å². The van der Waals surface area contributed by atoms with Crippen molar-refractivity contribution in [3.63, 3.8) is 0 Å². The number of imidazole rings is 2. The van der Waals surface area contributed by atoms with E-state index in [2.05, 4.69) is 35.9 Å². The number of para-hydroxylation sites is 4. The molecule has 2 unspecified atom stereocenters. The molecule has 0 bridgehead atoms. The van der Waals surface area contributed by atoms with Crippen LogP contribution in [-0.2, 0) is 0 Å². The fraction of sp³-hybridized carbons (Fsp3) is 0.263. The summed E-state index contributed by atoms with van der Waals surface area (Å²) in [5.74, 6) is 2.81. The van der Waals surface area contributed by atoms with Crippen molar-refractivity contribution in [1.82, 2.24) is 19.9 Å². The monoisotopic (exact) mass is 304 g/mol. The van der Waals surface area contributed by atoms with Gasteiger partial charge in [-0.15, -0.1) is 0 Å². The van der Waals surface area contributed by atoms with Crippen molar-refractivity contribution < 1.29 is 0 Å². The lowest BCUT2D eigenvalue weighted by atomic mass is 9.96. The Morgan fingerprint density at radius 2 is 1.17 bits per heavy atom. The van der Waals surface area contributed by atoms with E-state index in [0.29, 0.717) is 11.8 Å². The van der Waals surface area contributed by atoms with E-state index in [9.17, 15) is 0 Å². The zero-order valence-corrected chi connectivity index (χ0v) is 13.4. The molecule has 0 aliphatic heterocycles. The molecule has 0 fully saturated rings. The minimum absolute atomic E-state index is 0.352. The van der Waals surface area contributed by atoms with Crippen molar-refractivity contribution in [2.75, 3.05) is 0 Å². The smallest absolute Gasteiger partial charge is 0.110 e. The second-order valence-electron chi connectivity index (χ2n) is 6.32. The molecule has 0 aliphatic carbocycles. The van der Waals surface area contributed by atoms with Crippen LogP contribution >= 0.6 is 0 Å². The molecule has 2 atom stereocenters. The van der Waals surface area contributed by atoms with Gasteiger partial charge in [0.2, 0.25) is 0 Å². The number of H-pyrrole nitrogens is 2. The number of hydrogen-bond donors (Lipinski definition) is 2. The van der Waals surface area contributed by atoms with Crippen molar-refractivity contribution >= 4 is 22.1 Å². The SMILES string of the molecule is CC(CC(C)c1nc2ccccc2[nH]1)c1nc2ccccc2[nH]1. The second-order valence-corrected chi connectivity index (χ2v) is 6.32. The lowest BCUT2D eigenvalue weighted by Gasteiger charge is -2.13. The van der Waals surface area contributed by atoms with E-state index in [1.54, 1.807) is 0 Å². The first-order valence-corrected chi connectivity index (χ1v) is 8.10. The van der Waals surface area contributed by atoms with Crippen LogP contribution < -0.4 is 0 Å². The predicted octanol–water partition coefficient (Wildman–Crippen LogP) is 4.74. The molecule has 0 amide bonds. The highest BCUT2D eigenvalue weighted by Crippen LogP contribution is 2.28. The van der Waals surface area contributed by atoms with Gasteiger partial charge in [-0.2, -0.15) is 0 Å². The first kappa shape index (κ1) is 14.0. The minimum Gasteiger partial charge on any atom is -0.342 e. The van der Waals surface area contributed by atoms with Crippen LogP contribution in [0.3, 0.4) is 0 Å². The molecule has 2 N–H and O–H groups in total. The van der Waals surface area contributed by atoms with Crippen molar-refractivity contribution in [2.24, 2.45) is 0 Å². The number of rotatable bonds is 4. The number of aromatic nitrogens is 4. The van der Waals surface area contributed by atoms with E-state index in [0.717, 1.165) is 40.1 Å². The van der Waals surface area contributed by atoms with E-state index in [1.165, 1.54) is 0 Å². The van der Waals surface area contributed by atoms with E-state index >= 15 is 0 Å². The van der Waals surface area contributed by atoms with Crippen LogP contribution in [0.15, 0.2) is 48.5 Å². The minimum atomic E-state index is 0.352. The highest BCUT2D eigenvalue weighted by molar-refractivity contribution is 5.75. The van der Waals surface area contributed by atoms with E-state index in [-0.39, 0.29) is 0 Å². The third-order valence-electron chi connectivity index (χ3n) is 4.46. The van der Waals surface area contributed by atoms with Crippen molar-refractivity contribution in [1.29, 1.82) is 0 Å². The molecule has 0 spiro atoms. The fourth-order valence-corrected chi connectivity index (χ4v) is 3.17. The summed E-state index contributed by atoms with van der Waals surface area (Å²) in [4.78, 5) is 16.3. The molecule has 2 aromatic heterocycles. The summed E-state index contributed by atoms with van der Waals surface area (Å²) in [6.07, 6.45) is 1.000. The van der Waals surface area contributed by atoms with Gasteiger partial charge in [-0.1, -0.05) is 38.1 Å². The van der Waals surface area contributed by atoms with Gasteiger partial charge in [-0.05, 0) is 30.7 Å². The number of hydrogen-bond acceptors (Lipinski definition) is 2. The molecule has 2 heterocycles. The lowest BCUT2D eigenvalue weighted by molar-refractivity contribution is 0.557. The van der Waals surface area contributed by atoms with Gasteiger partial charge < -0.3 is 9.97 Å². The third kappa shape index (κ3) is 2.61. The molecule has 0 saturated carbocycles. The number of nitrogens with one attached hydrogen (secondary N) is 2. The number of fused-ring (bicyclic) bond motifs is 2. The van der Waals surface area contributed by atoms with E-state index < -0.39 is 0 Å². The normalized spacial score (nSPS) is 14.3. The molecule has 4 aromatic rings. The average Bonchev–Trinajstić information content (AvgIpc) is 3.18. The fourth-order valence-electron chi connectivity index (χ4n) is 3.17. The highest BCUT2D eigenvalue weighted by atomic mass is 14.9. The molecular formula is C19H20N4. The summed E-state index contributed by atoms with van der Waals surface area (Å²) < 4.78 is 0. The largest absolute Gasteiger partial charge is 0.342 e. The zero-order chi connectivity index (χ0) is 15.8. The van der Waals surface area contributed by atoms with Crippen LogP contribution in [-0.4, -0.2) is 19.9 Å². The second kappa shape index (κ2) is 5.54. The van der Waals surface area contributed by atoms with Gasteiger partial charge in [0.1, 0.15) is 11.6 Å². The quantitative estimate of drug-likeness (QED) is 0.572. The van der Waals surface area contributed by atoms with E-state index in [1.807, 2.05) is 36.4 Å². The summed E-state index contributed by atoms with van der Waals surface area (Å²) >= 11 is 0. The molecule has 0 aliphatic rings. The van der Waals surface area contributed by atoms with Crippen LogP contribution in [0.1, 0.15) is 43.8 Å². The Bertz CT molecular complexity index is 806. The third-order valence-corrected chi connectivity index (χ3v) is 4.46. The first-order valence-electron chi connectivity index (χ1n) is 8.10. The predicted molar refractivity (Wildman–Crippen MR) is 93.6 cm³/mol. The van der Waals surface area contributed by atoms with Gasteiger partial charge in [0.15, 0.2) is 0 Å². The maximum atomic E-state index is 4.72. The van der Waals surface area contributed by atoms with Crippen LogP contribution in [0, 0.1) is 0 Å². The van der Waals surface area contributed by atoms with Crippen molar-refractivity contribution in [3.8, 4) is 0 Å². The molecule has 4 heteroatoms. The summed E-state index contributed by atoms with van der Waals surface area (Å²) in [5.41, 5.74) is 4.27. The van der Waals surface area contributed by atoms with Gasteiger partial charge >= 0.3 is 0 Å². The first-order chi connectivity index (χ1) is 11.2.